The molecule has 0 bridgehead atoms. The molecule has 2 heteroatoms. The second-order valence-electron chi connectivity index (χ2n) is 3.39. The quantitative estimate of drug-likeness (QED) is 0.655. The first-order chi connectivity index (χ1) is 5.36. The van der Waals surface area contributed by atoms with Crippen molar-refractivity contribution in [2.75, 3.05) is 26.2 Å². The maximum absolute atomic E-state index is 5.60. The van der Waals surface area contributed by atoms with Crippen LogP contribution in [0.5, 0.6) is 0 Å². The van der Waals surface area contributed by atoms with Crippen LogP contribution < -0.4 is 5.73 Å². The maximum atomic E-state index is 5.60. The molecule has 1 saturated heterocycles. The lowest BCUT2D eigenvalue weighted by Crippen LogP contribution is -2.36. The minimum Gasteiger partial charge on any atom is -0.330 e. The minimum atomic E-state index is 0.795. The molecular formula is C9H19N2. The molecule has 2 N–H and O–H groups in total. The van der Waals surface area contributed by atoms with Crippen LogP contribution in [0.15, 0.2) is 0 Å². The molecule has 1 rings (SSSR count). The average molecular weight is 155 g/mol. The van der Waals surface area contributed by atoms with Gasteiger partial charge >= 0.3 is 0 Å². The number of piperidine rings is 1. The third kappa shape index (κ3) is 2.80. The van der Waals surface area contributed by atoms with Gasteiger partial charge in [0.15, 0.2) is 0 Å². The summed E-state index contributed by atoms with van der Waals surface area (Å²) in [4.78, 5) is 2.49. The Balaban J connectivity index is 2.14. The van der Waals surface area contributed by atoms with Crippen molar-refractivity contribution < 1.29 is 0 Å². The molecule has 0 aliphatic carbocycles. The highest BCUT2D eigenvalue weighted by atomic mass is 15.1. The molecule has 0 aromatic heterocycles. The average Bonchev–Trinajstić information content (AvgIpc) is 2.07. The molecule has 65 valence electrons. The van der Waals surface area contributed by atoms with E-state index in [4.69, 9.17) is 5.73 Å². The Morgan fingerprint density at radius 3 is 2.55 bits per heavy atom. The van der Waals surface area contributed by atoms with Gasteiger partial charge in [-0.25, -0.2) is 0 Å². The van der Waals surface area contributed by atoms with Gasteiger partial charge in [0.1, 0.15) is 0 Å². The van der Waals surface area contributed by atoms with Crippen molar-refractivity contribution in [3.05, 3.63) is 6.42 Å². The van der Waals surface area contributed by atoms with E-state index in [0.717, 1.165) is 19.0 Å². The zero-order valence-corrected chi connectivity index (χ0v) is 7.42. The van der Waals surface area contributed by atoms with E-state index in [-0.39, 0.29) is 0 Å². The number of rotatable bonds is 3. The number of hydrogen-bond donors (Lipinski definition) is 1. The number of likely N-dealkylation sites (tertiary alicyclic amines) is 1. The van der Waals surface area contributed by atoms with Gasteiger partial charge in [-0.3, -0.25) is 0 Å². The monoisotopic (exact) mass is 155 g/mol. The lowest BCUT2D eigenvalue weighted by molar-refractivity contribution is 0.200. The van der Waals surface area contributed by atoms with Gasteiger partial charge in [-0.2, -0.15) is 0 Å². The summed E-state index contributed by atoms with van der Waals surface area (Å²) in [6.45, 7) is 6.63. The van der Waals surface area contributed by atoms with E-state index in [0.29, 0.717) is 0 Å². The Morgan fingerprint density at radius 2 is 2.09 bits per heavy atom. The van der Waals surface area contributed by atoms with Gasteiger partial charge in [0.25, 0.3) is 0 Å². The lowest BCUT2D eigenvalue weighted by atomic mass is 9.97. The Morgan fingerprint density at radius 1 is 1.45 bits per heavy atom. The van der Waals surface area contributed by atoms with E-state index in [1.54, 1.807) is 0 Å². The van der Waals surface area contributed by atoms with E-state index in [1.165, 1.54) is 25.9 Å². The van der Waals surface area contributed by atoms with Gasteiger partial charge in [0.2, 0.25) is 0 Å². The topological polar surface area (TPSA) is 29.3 Å². The summed E-state index contributed by atoms with van der Waals surface area (Å²) in [6.07, 6.45) is 4.82. The van der Waals surface area contributed by atoms with Crippen LogP contribution in [0, 0.1) is 12.3 Å². The van der Waals surface area contributed by atoms with Gasteiger partial charge in [0, 0.05) is 6.54 Å². The minimum absolute atomic E-state index is 0.795. The van der Waals surface area contributed by atoms with Gasteiger partial charge in [-0.1, -0.05) is 6.92 Å². The number of nitrogens with zero attached hydrogens (tertiary/aromatic N) is 1. The van der Waals surface area contributed by atoms with E-state index < -0.39 is 0 Å². The fourth-order valence-corrected chi connectivity index (χ4v) is 1.66. The molecule has 2 nitrogen and oxygen atoms in total. The standard InChI is InChI=1S/C9H19N2/c1-2-5-11-6-3-9(8-10)4-7-11/h2,9H,3-8,10H2,1H3. The van der Waals surface area contributed by atoms with Gasteiger partial charge < -0.3 is 10.6 Å². The van der Waals surface area contributed by atoms with Crippen LogP contribution in [0.3, 0.4) is 0 Å². The van der Waals surface area contributed by atoms with Crippen LogP contribution >= 0.6 is 0 Å². The molecular weight excluding hydrogens is 136 g/mol. The third-order valence-electron chi connectivity index (χ3n) is 2.48. The summed E-state index contributed by atoms with van der Waals surface area (Å²) < 4.78 is 0. The molecule has 0 aromatic carbocycles. The largest absolute Gasteiger partial charge is 0.330 e. The first-order valence-corrected chi connectivity index (χ1v) is 4.57. The zero-order valence-electron chi connectivity index (χ0n) is 7.42. The molecule has 0 spiro atoms. The molecule has 0 aromatic rings. The van der Waals surface area contributed by atoms with Crippen molar-refractivity contribution in [1.29, 1.82) is 0 Å². The fraction of sp³-hybridized carbons (Fsp3) is 0.889. The van der Waals surface area contributed by atoms with Gasteiger partial charge in [-0.05, 0) is 44.8 Å². The Bertz CT molecular complexity index is 95.7. The SMILES string of the molecule is C[CH]CN1CCC(CN)CC1. The number of nitrogens with two attached hydrogens (primary N) is 1. The summed E-state index contributed by atoms with van der Waals surface area (Å²) in [6, 6.07) is 0. The summed E-state index contributed by atoms with van der Waals surface area (Å²) in [5.74, 6) is 0.795. The van der Waals surface area contributed by atoms with Crippen molar-refractivity contribution in [3.8, 4) is 0 Å². The first-order valence-electron chi connectivity index (χ1n) is 4.57. The Kier molecular flexibility index (Phi) is 3.87. The molecule has 1 fully saturated rings. The summed E-state index contributed by atoms with van der Waals surface area (Å²) >= 11 is 0. The summed E-state index contributed by atoms with van der Waals surface area (Å²) in [5, 5.41) is 0. The van der Waals surface area contributed by atoms with E-state index in [2.05, 4.69) is 18.2 Å². The normalized spacial score (nSPS) is 22.4. The highest BCUT2D eigenvalue weighted by Crippen LogP contribution is 2.15. The zero-order chi connectivity index (χ0) is 8.10. The highest BCUT2D eigenvalue weighted by molar-refractivity contribution is 4.75. The molecule has 1 radical (unpaired) electrons. The van der Waals surface area contributed by atoms with Crippen LogP contribution in [0.1, 0.15) is 19.8 Å². The van der Waals surface area contributed by atoms with Gasteiger partial charge in [0.05, 0.1) is 0 Å². The smallest absolute Gasteiger partial charge is 0.00100 e. The molecule has 1 aliphatic heterocycles. The number of hydrogen-bond acceptors (Lipinski definition) is 2. The molecule has 11 heavy (non-hydrogen) atoms. The van der Waals surface area contributed by atoms with Crippen molar-refractivity contribution >= 4 is 0 Å². The van der Waals surface area contributed by atoms with Crippen molar-refractivity contribution in [2.24, 2.45) is 11.7 Å². The van der Waals surface area contributed by atoms with Crippen LogP contribution in [0.25, 0.3) is 0 Å². The summed E-state index contributed by atoms with van der Waals surface area (Å²) in [7, 11) is 0. The molecule has 1 heterocycles. The van der Waals surface area contributed by atoms with E-state index >= 15 is 0 Å². The Labute approximate surface area is 69.8 Å². The molecule has 0 amide bonds. The Hall–Kier alpha value is -0.0800. The summed E-state index contributed by atoms with van der Waals surface area (Å²) in [5.41, 5.74) is 5.60. The van der Waals surface area contributed by atoms with Crippen LogP contribution in [-0.2, 0) is 0 Å². The lowest BCUT2D eigenvalue weighted by Gasteiger charge is -2.30. The predicted octanol–water partition coefficient (Wildman–Crippen LogP) is 0.881. The van der Waals surface area contributed by atoms with Crippen LogP contribution in [0.2, 0.25) is 0 Å². The molecule has 0 saturated carbocycles. The molecule has 0 atom stereocenters. The van der Waals surface area contributed by atoms with Crippen molar-refractivity contribution in [3.63, 3.8) is 0 Å². The van der Waals surface area contributed by atoms with Crippen LogP contribution in [-0.4, -0.2) is 31.1 Å². The second kappa shape index (κ2) is 4.73. The molecule has 0 unspecified atom stereocenters. The maximum Gasteiger partial charge on any atom is 0.00100 e. The first kappa shape index (κ1) is 9.01. The third-order valence-corrected chi connectivity index (χ3v) is 2.48. The van der Waals surface area contributed by atoms with Crippen LogP contribution in [0.4, 0.5) is 0 Å². The van der Waals surface area contributed by atoms with E-state index in [1.807, 2.05) is 0 Å². The predicted molar refractivity (Wildman–Crippen MR) is 48.2 cm³/mol. The highest BCUT2D eigenvalue weighted by Gasteiger charge is 2.16. The second-order valence-corrected chi connectivity index (χ2v) is 3.39. The molecule has 1 aliphatic rings. The van der Waals surface area contributed by atoms with Crippen molar-refractivity contribution in [1.82, 2.24) is 4.90 Å². The van der Waals surface area contributed by atoms with Crippen molar-refractivity contribution in [2.45, 2.75) is 19.8 Å². The van der Waals surface area contributed by atoms with E-state index in [9.17, 15) is 0 Å². The fourth-order valence-electron chi connectivity index (χ4n) is 1.66. The van der Waals surface area contributed by atoms with Gasteiger partial charge in [-0.15, -0.1) is 0 Å².